The number of Topliss-reactive ketones (excluding diaryl/α,β-unsaturated/α-hetero) is 1. The summed E-state index contributed by atoms with van der Waals surface area (Å²) < 4.78 is 90.2. The zero-order chi connectivity index (χ0) is 39.6. The van der Waals surface area contributed by atoms with Gasteiger partial charge in [0.2, 0.25) is 0 Å². The summed E-state index contributed by atoms with van der Waals surface area (Å²) >= 11 is 6.68. The molecule has 3 atom stereocenters. The van der Waals surface area contributed by atoms with E-state index in [1.807, 2.05) is 0 Å². The van der Waals surface area contributed by atoms with Crippen LogP contribution in [0.3, 0.4) is 0 Å². The van der Waals surface area contributed by atoms with Gasteiger partial charge in [-0.25, -0.2) is 22.5 Å². The lowest BCUT2D eigenvalue weighted by atomic mass is 9.86. The van der Waals surface area contributed by atoms with Crippen molar-refractivity contribution in [2.75, 3.05) is 0 Å². The zero-order valence-corrected chi connectivity index (χ0v) is 30.5. The third-order valence-corrected chi connectivity index (χ3v) is 10.3. The average molecular weight is 779 g/mol. The number of rotatable bonds is 11. The molecule has 0 saturated heterocycles. The number of fused-ring (bicyclic) bond motifs is 4. The van der Waals surface area contributed by atoms with Crippen molar-refractivity contribution in [1.82, 2.24) is 24.5 Å². The molecule has 0 unspecified atom stereocenters. The van der Waals surface area contributed by atoms with Crippen LogP contribution in [0.1, 0.15) is 91.0 Å². The van der Waals surface area contributed by atoms with Crippen LogP contribution in [0.25, 0.3) is 22.0 Å². The molecule has 0 amide bonds. The Labute approximate surface area is 316 Å². The Morgan fingerprint density at radius 3 is 2.47 bits per heavy atom. The maximum absolute atomic E-state index is 15.4. The van der Waals surface area contributed by atoms with Crippen molar-refractivity contribution < 1.29 is 36.2 Å². The van der Waals surface area contributed by atoms with Crippen molar-refractivity contribution in [3.8, 4) is 29.0 Å². The number of aromatic nitrogens is 5. The van der Waals surface area contributed by atoms with Crippen molar-refractivity contribution in [3.05, 3.63) is 98.7 Å². The maximum Gasteiger partial charge on any atom is 0.293 e. The van der Waals surface area contributed by atoms with Gasteiger partial charge in [-0.15, -0.1) is 0 Å². The molecule has 1 N–H and O–H groups in total. The van der Waals surface area contributed by atoms with Crippen molar-refractivity contribution in [1.29, 1.82) is 5.26 Å². The van der Waals surface area contributed by atoms with E-state index in [1.165, 1.54) is 13.8 Å². The fourth-order valence-electron chi connectivity index (χ4n) is 7.69. The summed E-state index contributed by atoms with van der Waals surface area (Å²) in [5.74, 6) is -3.21. The third kappa shape index (κ3) is 7.33. The molecule has 2 aromatic carbocycles. The molecule has 284 valence electrons. The van der Waals surface area contributed by atoms with Gasteiger partial charge in [0.15, 0.2) is 5.78 Å². The van der Waals surface area contributed by atoms with Crippen molar-refractivity contribution in [2.45, 2.75) is 82.3 Å². The molecule has 0 radical (unpaired) electrons. The number of pyridine rings is 1. The van der Waals surface area contributed by atoms with Gasteiger partial charge in [0.25, 0.3) is 12.3 Å². The largest absolute Gasteiger partial charge is 0.378 e. The first-order valence-corrected chi connectivity index (χ1v) is 17.9. The molecule has 2 aliphatic carbocycles. The van der Waals surface area contributed by atoms with Crippen molar-refractivity contribution in [3.63, 3.8) is 0 Å². The molecule has 3 aromatic heterocycles. The SMILES string of the molecule is Cn1nc(CCC#N)c2c(Cl)ccc(-c3ccc(C#CC(C)(C)O)nc3[C@@H](CC(=O)Cn3nc(C(F)F)c4c3C(F)(F)[C@@H]3C[C@H]43)Cc3cc(F)cc(F)c3)c21. The van der Waals surface area contributed by atoms with Crippen molar-refractivity contribution >= 4 is 28.3 Å². The van der Waals surface area contributed by atoms with Crippen LogP contribution in [0.15, 0.2) is 42.5 Å². The molecule has 15 heteroatoms. The van der Waals surface area contributed by atoms with E-state index < -0.39 is 77.5 Å². The summed E-state index contributed by atoms with van der Waals surface area (Å²) in [6, 6.07) is 11.6. The normalized spacial score (nSPS) is 17.4. The van der Waals surface area contributed by atoms with Crippen LogP contribution in [0.2, 0.25) is 5.02 Å². The lowest BCUT2D eigenvalue weighted by Gasteiger charge is -2.22. The van der Waals surface area contributed by atoms with Gasteiger partial charge >= 0.3 is 0 Å². The molecule has 7 rings (SSSR count). The molecule has 8 nitrogen and oxygen atoms in total. The number of nitriles is 1. The van der Waals surface area contributed by atoms with Gasteiger partial charge in [-0.1, -0.05) is 23.6 Å². The predicted octanol–water partition coefficient (Wildman–Crippen LogP) is 8.47. The van der Waals surface area contributed by atoms with E-state index in [0.717, 1.165) is 12.1 Å². The summed E-state index contributed by atoms with van der Waals surface area (Å²) in [4.78, 5) is 18.8. The van der Waals surface area contributed by atoms with Crippen LogP contribution in [-0.2, 0) is 37.2 Å². The number of carbonyl (C=O) groups excluding carboxylic acids is 1. The average Bonchev–Trinajstić information content (AvgIpc) is 3.63. The second-order valence-corrected chi connectivity index (χ2v) is 15.0. The fourth-order valence-corrected chi connectivity index (χ4v) is 7.95. The van der Waals surface area contributed by atoms with E-state index >= 15 is 8.78 Å². The molecule has 0 bridgehead atoms. The fraction of sp³-hybridized carbons (Fsp3) is 0.375. The molecule has 1 saturated carbocycles. The van der Waals surface area contributed by atoms with Gasteiger partial charge in [0.05, 0.1) is 28.0 Å². The number of hydrogen-bond donors (Lipinski definition) is 1. The Balaban J connectivity index is 1.38. The summed E-state index contributed by atoms with van der Waals surface area (Å²) in [6.07, 6.45) is -3.19. The van der Waals surface area contributed by atoms with E-state index in [9.17, 15) is 32.7 Å². The number of aryl methyl sites for hydroxylation is 2. The van der Waals surface area contributed by atoms with Gasteiger partial charge in [-0.05, 0) is 74.4 Å². The van der Waals surface area contributed by atoms with Gasteiger partial charge in [-0.3, -0.25) is 14.2 Å². The van der Waals surface area contributed by atoms with Crippen LogP contribution in [-0.4, -0.2) is 41.0 Å². The van der Waals surface area contributed by atoms with Crippen LogP contribution >= 0.6 is 11.6 Å². The third-order valence-electron chi connectivity index (χ3n) is 9.95. The molecule has 55 heavy (non-hydrogen) atoms. The number of nitrogens with zero attached hydrogens (tertiary/aromatic N) is 6. The Morgan fingerprint density at radius 1 is 1.09 bits per heavy atom. The van der Waals surface area contributed by atoms with E-state index in [4.69, 9.17) is 16.6 Å². The highest BCUT2D eigenvalue weighted by atomic mass is 35.5. The lowest BCUT2D eigenvalue weighted by Crippen LogP contribution is -2.24. The smallest absolute Gasteiger partial charge is 0.293 e. The first-order valence-electron chi connectivity index (χ1n) is 17.5. The predicted molar refractivity (Wildman–Crippen MR) is 190 cm³/mol. The molecule has 3 heterocycles. The summed E-state index contributed by atoms with van der Waals surface area (Å²) in [5, 5.41) is 28.9. The summed E-state index contributed by atoms with van der Waals surface area (Å²) in [6.45, 7) is 2.19. The van der Waals surface area contributed by atoms with Gasteiger partial charge in [0.1, 0.15) is 40.9 Å². The minimum atomic E-state index is -3.45. The Kier molecular flexibility index (Phi) is 9.81. The monoisotopic (exact) mass is 778 g/mol. The molecular formula is C40H33ClF6N6O2. The van der Waals surface area contributed by atoms with Crippen LogP contribution in [0, 0.1) is 40.7 Å². The number of halogens is 7. The van der Waals surface area contributed by atoms with E-state index in [1.54, 1.807) is 36.0 Å². The summed E-state index contributed by atoms with van der Waals surface area (Å²) in [7, 11) is 1.70. The minimum absolute atomic E-state index is 0.0568. The van der Waals surface area contributed by atoms with Crippen LogP contribution in [0.5, 0.6) is 0 Å². The number of aliphatic hydroxyl groups is 1. The van der Waals surface area contributed by atoms with Gasteiger partial charge in [-0.2, -0.15) is 24.2 Å². The highest BCUT2D eigenvalue weighted by Gasteiger charge is 2.67. The summed E-state index contributed by atoms with van der Waals surface area (Å²) in [5.41, 5.74) is -0.362. The van der Waals surface area contributed by atoms with Crippen molar-refractivity contribution in [2.24, 2.45) is 13.0 Å². The molecule has 1 fully saturated rings. The zero-order valence-electron chi connectivity index (χ0n) is 29.8. The number of ketones is 1. The van der Waals surface area contributed by atoms with Crippen LogP contribution in [0.4, 0.5) is 26.3 Å². The lowest BCUT2D eigenvalue weighted by molar-refractivity contribution is -0.120. The highest BCUT2D eigenvalue weighted by molar-refractivity contribution is 6.36. The molecular weight excluding hydrogens is 746 g/mol. The number of hydrogen-bond acceptors (Lipinski definition) is 6. The first kappa shape index (κ1) is 38.1. The topological polar surface area (TPSA) is 110 Å². The van der Waals surface area contributed by atoms with E-state index in [-0.39, 0.29) is 41.8 Å². The second kappa shape index (κ2) is 14.2. The van der Waals surface area contributed by atoms with Crippen LogP contribution < -0.4 is 0 Å². The number of alkyl halides is 4. The Hall–Kier alpha value is -5.18. The van der Waals surface area contributed by atoms with E-state index in [0.29, 0.717) is 49.9 Å². The quantitative estimate of drug-likeness (QED) is 0.107. The standard InChI is InChI=1S/C40H33ClF6N6O2/c1-39(2,55)11-10-24-6-7-26(27-8-9-30(41)33-31(5-4-12-48)50-52(3)36(27)33)34(49-24)21(13-20-14-22(42)17-23(43)15-20)16-25(54)19-53-37-32(35(51-53)38(44)45)28-18-29(28)40(37,46)47/h6-9,14-15,17,21,28-29,38,55H,4-5,13,16,18-19H2,1-3H3/t21-,28+,29-/m1/s1. The number of carbonyl (C=O) groups is 1. The minimum Gasteiger partial charge on any atom is -0.378 e. The molecule has 5 aromatic rings. The Bertz CT molecular complexity index is 2450. The molecule has 0 aliphatic heterocycles. The first-order chi connectivity index (χ1) is 26.0. The number of benzene rings is 2. The van der Waals surface area contributed by atoms with Gasteiger partial charge < -0.3 is 5.11 Å². The Morgan fingerprint density at radius 2 is 1.80 bits per heavy atom. The second-order valence-electron chi connectivity index (χ2n) is 14.6. The highest BCUT2D eigenvalue weighted by Crippen LogP contribution is 2.68. The van der Waals surface area contributed by atoms with E-state index in [2.05, 4.69) is 28.1 Å². The van der Waals surface area contributed by atoms with Gasteiger partial charge in [0, 0.05) is 66.3 Å². The maximum atomic E-state index is 15.4. The molecule has 2 aliphatic rings. The molecule has 0 spiro atoms.